The predicted molar refractivity (Wildman–Crippen MR) is 66.8 cm³/mol. The number of hydrogen-bond donors (Lipinski definition) is 1. The highest BCUT2D eigenvalue weighted by molar-refractivity contribution is 7.38. The zero-order chi connectivity index (χ0) is 10.6. The summed E-state index contributed by atoms with van der Waals surface area (Å²) in [5.41, 5.74) is 1.29. The van der Waals surface area contributed by atoms with Gasteiger partial charge in [0.15, 0.2) is 0 Å². The van der Waals surface area contributed by atoms with E-state index in [1.807, 2.05) is 0 Å². The van der Waals surface area contributed by atoms with Gasteiger partial charge in [0.25, 0.3) is 0 Å². The fourth-order valence-electron chi connectivity index (χ4n) is 1.54. The minimum absolute atomic E-state index is 0.434. The van der Waals surface area contributed by atoms with Gasteiger partial charge < -0.3 is 5.11 Å². The molecule has 3 aromatic rings. The molecule has 0 radical (unpaired) electrons. The van der Waals surface area contributed by atoms with Gasteiger partial charge in [-0.15, -0.1) is 34.0 Å². The predicted octanol–water partition coefficient (Wildman–Crippen LogP) is 4.18. The molecule has 0 aliphatic heterocycles. The summed E-state index contributed by atoms with van der Waals surface area (Å²) in [7, 11) is 0. The molecular formula is C10H6O2S3. The maximum atomic E-state index is 10.8. The van der Waals surface area contributed by atoms with Crippen LogP contribution in [-0.4, -0.2) is 11.1 Å². The van der Waals surface area contributed by atoms with Crippen molar-refractivity contribution in [2.75, 3.05) is 0 Å². The van der Waals surface area contributed by atoms with Crippen molar-refractivity contribution in [3.63, 3.8) is 0 Å². The minimum atomic E-state index is -0.829. The first-order valence-electron chi connectivity index (χ1n) is 4.30. The molecule has 5 heteroatoms. The zero-order valence-corrected chi connectivity index (χ0v) is 10.2. The minimum Gasteiger partial charge on any atom is -0.477 e. The zero-order valence-electron chi connectivity index (χ0n) is 7.73. The van der Waals surface area contributed by atoms with Crippen LogP contribution >= 0.6 is 34.0 Å². The normalized spacial score (nSPS) is 11.5. The molecule has 0 spiro atoms. The molecule has 3 heterocycles. The van der Waals surface area contributed by atoms with E-state index in [9.17, 15) is 4.79 Å². The van der Waals surface area contributed by atoms with Crippen LogP contribution in [0.15, 0.2) is 11.4 Å². The lowest BCUT2D eigenvalue weighted by molar-refractivity contribution is 0.0702. The molecule has 0 aliphatic rings. The van der Waals surface area contributed by atoms with Crippen LogP contribution in [0, 0.1) is 6.92 Å². The molecule has 2 nitrogen and oxygen atoms in total. The number of rotatable bonds is 1. The number of carbonyl (C=O) groups is 1. The van der Waals surface area contributed by atoms with Crippen LogP contribution in [0.2, 0.25) is 0 Å². The van der Waals surface area contributed by atoms with Crippen molar-refractivity contribution in [3.05, 3.63) is 21.9 Å². The smallest absolute Gasteiger partial charge is 0.345 e. The summed E-state index contributed by atoms with van der Waals surface area (Å²) in [5, 5.41) is 11.0. The topological polar surface area (TPSA) is 37.3 Å². The van der Waals surface area contributed by atoms with Crippen molar-refractivity contribution >= 4 is 58.8 Å². The van der Waals surface area contributed by atoms with Crippen molar-refractivity contribution in [3.8, 4) is 0 Å². The number of carboxylic acids is 1. The van der Waals surface area contributed by atoms with E-state index in [1.54, 1.807) is 28.7 Å². The fourth-order valence-corrected chi connectivity index (χ4v) is 5.35. The van der Waals surface area contributed by atoms with E-state index in [0.29, 0.717) is 4.88 Å². The Hall–Kier alpha value is -0.910. The summed E-state index contributed by atoms with van der Waals surface area (Å²) < 4.78 is 4.77. The van der Waals surface area contributed by atoms with Crippen LogP contribution in [0.3, 0.4) is 0 Å². The molecule has 0 fully saturated rings. The molecule has 0 atom stereocenters. The second-order valence-electron chi connectivity index (χ2n) is 3.29. The standard InChI is InChI=1S/C10H6O2S3/c1-4-3-13-9-7(4)14-5-2-6(10(11)12)15-8(5)9/h2-3H,1H3,(H,11,12). The molecule has 0 saturated carbocycles. The quantitative estimate of drug-likeness (QED) is 0.707. The first kappa shape index (κ1) is 9.33. The van der Waals surface area contributed by atoms with Gasteiger partial charge in [-0.05, 0) is 23.9 Å². The summed E-state index contributed by atoms with van der Waals surface area (Å²) in [6.07, 6.45) is 0. The summed E-state index contributed by atoms with van der Waals surface area (Å²) >= 11 is 4.77. The molecule has 0 amide bonds. The van der Waals surface area contributed by atoms with Crippen molar-refractivity contribution in [1.82, 2.24) is 0 Å². The first-order valence-corrected chi connectivity index (χ1v) is 6.81. The Balaban J connectivity index is 2.41. The lowest BCUT2D eigenvalue weighted by Gasteiger charge is -1.82. The second-order valence-corrected chi connectivity index (χ2v) is 6.27. The Morgan fingerprint density at radius 2 is 2.07 bits per heavy atom. The third-order valence-corrected chi connectivity index (χ3v) is 6.16. The number of fused-ring (bicyclic) bond motifs is 3. The number of hydrogen-bond acceptors (Lipinski definition) is 4. The molecule has 0 aliphatic carbocycles. The molecule has 3 rings (SSSR count). The molecular weight excluding hydrogens is 248 g/mol. The van der Waals surface area contributed by atoms with E-state index in [4.69, 9.17) is 5.11 Å². The molecule has 76 valence electrons. The third kappa shape index (κ3) is 1.24. The van der Waals surface area contributed by atoms with Crippen molar-refractivity contribution in [2.45, 2.75) is 6.92 Å². The highest BCUT2D eigenvalue weighted by Crippen LogP contribution is 2.43. The van der Waals surface area contributed by atoms with Gasteiger partial charge in [0.1, 0.15) is 4.88 Å². The van der Waals surface area contributed by atoms with E-state index < -0.39 is 5.97 Å². The average Bonchev–Trinajstić information content (AvgIpc) is 2.77. The SMILES string of the molecule is Cc1csc2c1sc1cc(C(=O)O)sc12. The maximum Gasteiger partial charge on any atom is 0.345 e. The van der Waals surface area contributed by atoms with Crippen molar-refractivity contribution < 1.29 is 9.90 Å². The van der Waals surface area contributed by atoms with E-state index in [1.165, 1.54) is 26.3 Å². The van der Waals surface area contributed by atoms with Crippen molar-refractivity contribution in [2.24, 2.45) is 0 Å². The van der Waals surface area contributed by atoms with Crippen LogP contribution < -0.4 is 0 Å². The van der Waals surface area contributed by atoms with Crippen molar-refractivity contribution in [1.29, 1.82) is 0 Å². The number of carboxylic acid groups (broad SMARTS) is 1. The Morgan fingerprint density at radius 3 is 2.80 bits per heavy atom. The van der Waals surface area contributed by atoms with E-state index in [0.717, 1.165) is 9.40 Å². The number of aromatic carboxylic acids is 1. The van der Waals surface area contributed by atoms with Gasteiger partial charge in [0.05, 0.1) is 14.1 Å². The maximum absolute atomic E-state index is 10.8. The van der Waals surface area contributed by atoms with Gasteiger partial charge in [-0.25, -0.2) is 4.79 Å². The van der Waals surface area contributed by atoms with Crippen LogP contribution in [0.4, 0.5) is 0 Å². The van der Waals surface area contributed by atoms with Gasteiger partial charge in [-0.2, -0.15) is 0 Å². The van der Waals surface area contributed by atoms with E-state index in [2.05, 4.69) is 12.3 Å². The van der Waals surface area contributed by atoms with Crippen LogP contribution in [0.5, 0.6) is 0 Å². The molecule has 0 unspecified atom stereocenters. The lowest BCUT2D eigenvalue weighted by atomic mass is 10.3. The average molecular weight is 254 g/mol. The summed E-state index contributed by atoms with van der Waals surface area (Å²) in [5.74, 6) is -0.829. The van der Waals surface area contributed by atoms with Gasteiger partial charge in [-0.3, -0.25) is 0 Å². The number of thiophene rings is 3. The Morgan fingerprint density at radius 1 is 1.27 bits per heavy atom. The molecule has 15 heavy (non-hydrogen) atoms. The van der Waals surface area contributed by atoms with Gasteiger partial charge in [0.2, 0.25) is 0 Å². The summed E-state index contributed by atoms with van der Waals surface area (Å²) in [6, 6.07) is 1.78. The number of aryl methyl sites for hydroxylation is 1. The van der Waals surface area contributed by atoms with Crippen LogP contribution in [0.25, 0.3) is 18.8 Å². The highest BCUT2D eigenvalue weighted by atomic mass is 32.1. The fraction of sp³-hybridized carbons (Fsp3) is 0.100. The Bertz CT molecular complexity index is 671. The third-order valence-electron chi connectivity index (χ3n) is 2.24. The monoisotopic (exact) mass is 254 g/mol. The first-order chi connectivity index (χ1) is 7.16. The largest absolute Gasteiger partial charge is 0.477 e. The Kier molecular flexibility index (Phi) is 1.89. The van der Waals surface area contributed by atoms with E-state index in [-0.39, 0.29) is 0 Å². The van der Waals surface area contributed by atoms with Gasteiger partial charge >= 0.3 is 5.97 Å². The lowest BCUT2D eigenvalue weighted by Crippen LogP contribution is -1.89. The van der Waals surface area contributed by atoms with Gasteiger partial charge in [0, 0.05) is 4.70 Å². The highest BCUT2D eigenvalue weighted by Gasteiger charge is 2.15. The molecule has 1 N–H and O–H groups in total. The van der Waals surface area contributed by atoms with Crippen LogP contribution in [-0.2, 0) is 0 Å². The van der Waals surface area contributed by atoms with Gasteiger partial charge in [-0.1, -0.05) is 0 Å². The Labute approximate surface area is 97.4 Å². The molecule has 0 saturated heterocycles. The molecule has 0 bridgehead atoms. The molecule has 3 aromatic heterocycles. The summed E-state index contributed by atoms with van der Waals surface area (Å²) in [6.45, 7) is 2.09. The second kappa shape index (κ2) is 3.04. The molecule has 0 aromatic carbocycles. The van der Waals surface area contributed by atoms with Crippen LogP contribution in [0.1, 0.15) is 15.2 Å². The van der Waals surface area contributed by atoms with E-state index >= 15 is 0 Å². The summed E-state index contributed by atoms with van der Waals surface area (Å²) in [4.78, 5) is 11.3.